The molecule has 0 aliphatic heterocycles. The lowest BCUT2D eigenvalue weighted by molar-refractivity contribution is 0.0698. The van der Waals surface area contributed by atoms with E-state index in [0.717, 1.165) is 10.9 Å². The molecule has 0 radical (unpaired) electrons. The van der Waals surface area contributed by atoms with Crippen LogP contribution in [0.2, 0.25) is 0 Å². The van der Waals surface area contributed by atoms with Crippen molar-refractivity contribution in [2.75, 3.05) is 0 Å². The first-order valence-corrected chi connectivity index (χ1v) is 4.60. The Morgan fingerprint density at radius 2 is 2.13 bits per heavy atom. The molecule has 0 unspecified atom stereocenters. The lowest BCUT2D eigenvalue weighted by Crippen LogP contribution is -1.99. The Hall–Kier alpha value is -2.03. The third-order valence-electron chi connectivity index (χ3n) is 2.56. The van der Waals surface area contributed by atoms with Crippen LogP contribution in [-0.2, 0) is 7.05 Å². The fourth-order valence-corrected chi connectivity index (χ4v) is 1.88. The molecule has 0 fully saturated rings. The number of hydrogen-bond acceptors (Lipinski definition) is 1. The van der Waals surface area contributed by atoms with Crippen LogP contribution in [0.15, 0.2) is 30.8 Å². The maximum absolute atomic E-state index is 11.1. The van der Waals surface area contributed by atoms with E-state index in [1.807, 2.05) is 35.9 Å². The normalized spacial score (nSPS) is 10.5. The number of aromatic carboxylic acids is 1. The fourth-order valence-electron chi connectivity index (χ4n) is 1.88. The van der Waals surface area contributed by atoms with Gasteiger partial charge in [0.15, 0.2) is 0 Å². The van der Waals surface area contributed by atoms with E-state index in [4.69, 9.17) is 5.11 Å². The molecule has 76 valence electrons. The molecule has 2 rings (SSSR count). The molecule has 3 nitrogen and oxygen atoms in total. The Kier molecular flexibility index (Phi) is 2.08. The third-order valence-corrected chi connectivity index (χ3v) is 2.56. The Bertz CT molecular complexity index is 552. The van der Waals surface area contributed by atoms with E-state index in [1.54, 1.807) is 6.08 Å². The van der Waals surface area contributed by atoms with Gasteiger partial charge in [0.1, 0.15) is 0 Å². The minimum absolute atomic E-state index is 0.322. The third kappa shape index (κ3) is 1.24. The maximum atomic E-state index is 11.1. The van der Waals surface area contributed by atoms with Crippen molar-refractivity contribution >= 4 is 22.9 Å². The summed E-state index contributed by atoms with van der Waals surface area (Å²) in [7, 11) is 1.84. The number of para-hydroxylation sites is 1. The minimum Gasteiger partial charge on any atom is -0.478 e. The molecule has 3 heteroatoms. The minimum atomic E-state index is -0.915. The number of aromatic nitrogens is 1. The van der Waals surface area contributed by atoms with Crippen molar-refractivity contribution in [2.24, 2.45) is 7.05 Å². The molecule has 0 amide bonds. The van der Waals surface area contributed by atoms with Gasteiger partial charge >= 0.3 is 5.97 Å². The smallest absolute Gasteiger partial charge is 0.338 e. The average molecular weight is 201 g/mol. The Labute approximate surface area is 87.3 Å². The van der Waals surface area contributed by atoms with E-state index < -0.39 is 5.97 Å². The second-order valence-electron chi connectivity index (χ2n) is 3.35. The fraction of sp³-hybridized carbons (Fsp3) is 0.0833. The Balaban J connectivity index is 2.97. The predicted molar refractivity (Wildman–Crippen MR) is 60.0 cm³/mol. The number of benzene rings is 1. The summed E-state index contributed by atoms with van der Waals surface area (Å²) >= 11 is 0. The summed E-state index contributed by atoms with van der Waals surface area (Å²) in [4.78, 5) is 11.1. The Morgan fingerprint density at radius 1 is 1.47 bits per heavy atom. The van der Waals surface area contributed by atoms with Crippen molar-refractivity contribution in [1.29, 1.82) is 0 Å². The lowest BCUT2D eigenvalue weighted by Gasteiger charge is -1.98. The Morgan fingerprint density at radius 3 is 2.73 bits per heavy atom. The zero-order valence-electron chi connectivity index (χ0n) is 8.40. The molecule has 0 bridgehead atoms. The molecule has 0 saturated carbocycles. The van der Waals surface area contributed by atoms with Crippen LogP contribution in [0.1, 0.15) is 16.1 Å². The highest BCUT2D eigenvalue weighted by molar-refractivity contribution is 6.06. The van der Waals surface area contributed by atoms with E-state index in [2.05, 4.69) is 6.58 Å². The largest absolute Gasteiger partial charge is 0.478 e. The van der Waals surface area contributed by atoms with Crippen LogP contribution in [0.5, 0.6) is 0 Å². The quantitative estimate of drug-likeness (QED) is 0.811. The van der Waals surface area contributed by atoms with Crippen molar-refractivity contribution in [1.82, 2.24) is 4.57 Å². The maximum Gasteiger partial charge on any atom is 0.338 e. The monoisotopic (exact) mass is 201 g/mol. The molecule has 15 heavy (non-hydrogen) atoms. The molecule has 1 heterocycles. The zero-order valence-corrected chi connectivity index (χ0v) is 8.40. The molecular weight excluding hydrogens is 190 g/mol. The first kappa shape index (κ1) is 9.52. The van der Waals surface area contributed by atoms with Crippen LogP contribution < -0.4 is 0 Å². The van der Waals surface area contributed by atoms with Gasteiger partial charge in [-0.05, 0) is 12.1 Å². The number of hydrogen-bond donors (Lipinski definition) is 1. The van der Waals surface area contributed by atoms with Gasteiger partial charge in [-0.2, -0.15) is 0 Å². The van der Waals surface area contributed by atoms with E-state index in [0.29, 0.717) is 11.3 Å². The molecule has 0 aliphatic rings. The van der Waals surface area contributed by atoms with E-state index >= 15 is 0 Å². The molecule has 0 saturated heterocycles. The molecular formula is C12H11NO2. The topological polar surface area (TPSA) is 42.2 Å². The molecule has 2 aromatic rings. The molecule has 0 spiro atoms. The van der Waals surface area contributed by atoms with E-state index in [9.17, 15) is 4.79 Å². The molecule has 0 aliphatic carbocycles. The second kappa shape index (κ2) is 3.28. The van der Waals surface area contributed by atoms with Crippen LogP contribution in [0.4, 0.5) is 0 Å². The van der Waals surface area contributed by atoms with Crippen molar-refractivity contribution < 1.29 is 9.90 Å². The highest BCUT2D eigenvalue weighted by atomic mass is 16.4. The van der Waals surface area contributed by atoms with Gasteiger partial charge in [-0.1, -0.05) is 24.8 Å². The summed E-state index contributed by atoms with van der Waals surface area (Å²) in [6.45, 7) is 3.65. The van der Waals surface area contributed by atoms with E-state index in [1.165, 1.54) is 0 Å². The lowest BCUT2D eigenvalue weighted by atomic mass is 10.1. The molecule has 1 aromatic heterocycles. The van der Waals surface area contributed by atoms with Gasteiger partial charge in [0.2, 0.25) is 0 Å². The summed E-state index contributed by atoms with van der Waals surface area (Å²) in [5.74, 6) is -0.915. The number of carboxylic acid groups (broad SMARTS) is 1. The number of aryl methyl sites for hydroxylation is 1. The summed E-state index contributed by atoms with van der Waals surface area (Å²) < 4.78 is 1.84. The van der Waals surface area contributed by atoms with Crippen molar-refractivity contribution in [3.8, 4) is 0 Å². The van der Waals surface area contributed by atoms with Crippen molar-refractivity contribution in [3.05, 3.63) is 42.1 Å². The number of rotatable bonds is 2. The van der Waals surface area contributed by atoms with Gasteiger partial charge in [-0.3, -0.25) is 0 Å². The number of fused-ring (bicyclic) bond motifs is 1. The number of nitrogens with zero attached hydrogens (tertiary/aromatic N) is 1. The summed E-state index contributed by atoms with van der Waals surface area (Å²) in [6, 6.07) is 7.43. The number of carboxylic acids is 1. The summed E-state index contributed by atoms with van der Waals surface area (Å²) in [5.41, 5.74) is 1.87. The van der Waals surface area contributed by atoms with Crippen LogP contribution in [0.25, 0.3) is 17.0 Å². The van der Waals surface area contributed by atoms with Gasteiger partial charge < -0.3 is 9.67 Å². The highest BCUT2D eigenvalue weighted by Gasteiger charge is 2.17. The van der Waals surface area contributed by atoms with Gasteiger partial charge in [0.25, 0.3) is 0 Å². The first-order chi connectivity index (χ1) is 7.16. The summed E-state index contributed by atoms with van der Waals surface area (Å²) in [6.07, 6.45) is 1.57. The predicted octanol–water partition coefficient (Wildman–Crippen LogP) is 2.52. The SMILES string of the molecule is C=Cc1c(C(=O)O)c2ccccc2n1C. The van der Waals surface area contributed by atoms with Crippen molar-refractivity contribution in [3.63, 3.8) is 0 Å². The van der Waals surface area contributed by atoms with Gasteiger partial charge in [-0.15, -0.1) is 0 Å². The van der Waals surface area contributed by atoms with Crippen LogP contribution >= 0.6 is 0 Å². The van der Waals surface area contributed by atoms with Crippen LogP contribution in [0, 0.1) is 0 Å². The van der Waals surface area contributed by atoms with Gasteiger partial charge in [0.05, 0.1) is 11.3 Å². The molecule has 0 atom stereocenters. The van der Waals surface area contributed by atoms with E-state index in [-0.39, 0.29) is 0 Å². The molecule has 1 N–H and O–H groups in total. The summed E-state index contributed by atoms with van der Waals surface area (Å²) in [5, 5.41) is 9.90. The zero-order chi connectivity index (χ0) is 11.0. The van der Waals surface area contributed by atoms with Crippen LogP contribution in [0.3, 0.4) is 0 Å². The highest BCUT2D eigenvalue weighted by Crippen LogP contribution is 2.25. The van der Waals surface area contributed by atoms with Crippen LogP contribution in [-0.4, -0.2) is 15.6 Å². The average Bonchev–Trinajstić information content (AvgIpc) is 2.52. The standard InChI is InChI=1S/C12H11NO2/c1-3-9-11(12(14)15)8-6-4-5-7-10(8)13(9)2/h3-7H,1H2,2H3,(H,14,15). The first-order valence-electron chi connectivity index (χ1n) is 4.60. The second-order valence-corrected chi connectivity index (χ2v) is 3.35. The van der Waals surface area contributed by atoms with Gasteiger partial charge in [-0.25, -0.2) is 4.79 Å². The van der Waals surface area contributed by atoms with Gasteiger partial charge in [0, 0.05) is 18.0 Å². The number of carbonyl (C=O) groups is 1. The molecule has 1 aromatic carbocycles. The van der Waals surface area contributed by atoms with Crippen molar-refractivity contribution in [2.45, 2.75) is 0 Å².